The van der Waals surface area contributed by atoms with E-state index in [1.165, 1.54) is 0 Å². The quantitative estimate of drug-likeness (QED) is 0.360. The molecule has 0 saturated heterocycles. The Morgan fingerprint density at radius 3 is 2.89 bits per heavy atom. The van der Waals surface area contributed by atoms with Crippen molar-refractivity contribution >= 4 is 11.7 Å². The molecular weight excluding hydrogens is 244 g/mol. The van der Waals surface area contributed by atoms with Crippen molar-refractivity contribution in [2.45, 2.75) is 32.2 Å². The molecule has 1 aromatic rings. The summed E-state index contributed by atoms with van der Waals surface area (Å²) in [7, 11) is 0. The molecule has 1 aromatic heterocycles. The van der Waals surface area contributed by atoms with Crippen LogP contribution in [0.15, 0.2) is 23.6 Å². The van der Waals surface area contributed by atoms with E-state index >= 15 is 0 Å². The predicted molar refractivity (Wildman–Crippen MR) is 71.1 cm³/mol. The predicted octanol–water partition coefficient (Wildman–Crippen LogP) is 1.13. The standard InChI is InChI=1S/C13H18N4O2/c1-9-6-10(8-15-7-9)13(18)17(11-2-3-11)5-4-12(14)16-19/h6-8,11,19H,2-5H2,1H3,(H2,14,16). The van der Waals surface area contributed by atoms with Gasteiger partial charge in [-0.15, -0.1) is 0 Å². The zero-order valence-corrected chi connectivity index (χ0v) is 10.9. The molecule has 0 atom stereocenters. The molecule has 1 fully saturated rings. The molecule has 0 aliphatic heterocycles. The minimum Gasteiger partial charge on any atom is -0.409 e. The molecule has 6 heteroatoms. The number of nitrogens with two attached hydrogens (primary N) is 1. The molecule has 2 rings (SSSR count). The van der Waals surface area contributed by atoms with E-state index in [4.69, 9.17) is 10.9 Å². The monoisotopic (exact) mass is 262 g/mol. The number of aromatic nitrogens is 1. The third-order valence-electron chi connectivity index (χ3n) is 3.11. The summed E-state index contributed by atoms with van der Waals surface area (Å²) >= 11 is 0. The Kier molecular flexibility index (Phi) is 3.99. The Balaban J connectivity index is 2.08. The second-order valence-electron chi connectivity index (χ2n) is 4.82. The zero-order chi connectivity index (χ0) is 13.8. The number of hydrogen-bond donors (Lipinski definition) is 2. The van der Waals surface area contributed by atoms with Crippen molar-refractivity contribution in [2.75, 3.05) is 6.54 Å². The number of carbonyl (C=O) groups is 1. The van der Waals surface area contributed by atoms with Gasteiger partial charge in [0.05, 0.1) is 5.56 Å². The van der Waals surface area contributed by atoms with Gasteiger partial charge in [-0.05, 0) is 31.4 Å². The lowest BCUT2D eigenvalue weighted by molar-refractivity contribution is 0.0747. The van der Waals surface area contributed by atoms with Crippen molar-refractivity contribution in [1.82, 2.24) is 9.88 Å². The van der Waals surface area contributed by atoms with E-state index in [0.29, 0.717) is 18.5 Å². The van der Waals surface area contributed by atoms with Crippen molar-refractivity contribution in [3.05, 3.63) is 29.6 Å². The van der Waals surface area contributed by atoms with E-state index in [-0.39, 0.29) is 17.8 Å². The first-order valence-electron chi connectivity index (χ1n) is 6.31. The maximum atomic E-state index is 12.4. The van der Waals surface area contributed by atoms with Gasteiger partial charge in [0, 0.05) is 31.4 Å². The largest absolute Gasteiger partial charge is 0.409 e. The van der Waals surface area contributed by atoms with E-state index in [1.54, 1.807) is 17.3 Å². The molecule has 1 saturated carbocycles. The van der Waals surface area contributed by atoms with Crippen LogP contribution in [0.4, 0.5) is 0 Å². The van der Waals surface area contributed by atoms with Gasteiger partial charge in [0.25, 0.3) is 5.91 Å². The van der Waals surface area contributed by atoms with Crippen LogP contribution in [0.1, 0.15) is 35.2 Å². The minimum absolute atomic E-state index is 0.0376. The van der Waals surface area contributed by atoms with Crippen LogP contribution in [0.3, 0.4) is 0 Å². The molecule has 3 N–H and O–H groups in total. The van der Waals surface area contributed by atoms with Crippen molar-refractivity contribution < 1.29 is 10.0 Å². The lowest BCUT2D eigenvalue weighted by atomic mass is 10.2. The second kappa shape index (κ2) is 5.69. The van der Waals surface area contributed by atoms with E-state index in [9.17, 15) is 4.79 Å². The van der Waals surface area contributed by atoms with Crippen molar-refractivity contribution in [3.8, 4) is 0 Å². The Morgan fingerprint density at radius 2 is 2.32 bits per heavy atom. The Bertz CT molecular complexity index is 497. The van der Waals surface area contributed by atoms with Gasteiger partial charge in [-0.2, -0.15) is 0 Å². The fourth-order valence-electron chi connectivity index (χ4n) is 1.96. The number of carbonyl (C=O) groups excluding carboxylic acids is 1. The first-order valence-corrected chi connectivity index (χ1v) is 6.31. The summed E-state index contributed by atoms with van der Waals surface area (Å²) in [5, 5.41) is 11.5. The average molecular weight is 262 g/mol. The van der Waals surface area contributed by atoms with Crippen molar-refractivity contribution in [2.24, 2.45) is 10.9 Å². The van der Waals surface area contributed by atoms with Gasteiger partial charge in [-0.1, -0.05) is 5.16 Å². The molecule has 1 amide bonds. The lowest BCUT2D eigenvalue weighted by Gasteiger charge is -2.22. The SMILES string of the molecule is Cc1cncc(C(=O)N(CCC(N)=NO)C2CC2)c1. The van der Waals surface area contributed by atoms with Gasteiger partial charge >= 0.3 is 0 Å². The summed E-state index contributed by atoms with van der Waals surface area (Å²) in [6, 6.07) is 2.10. The summed E-state index contributed by atoms with van der Waals surface area (Å²) in [6.45, 7) is 2.37. The number of oxime groups is 1. The van der Waals surface area contributed by atoms with Crippen LogP contribution in [0.5, 0.6) is 0 Å². The van der Waals surface area contributed by atoms with Crippen LogP contribution < -0.4 is 5.73 Å². The molecule has 1 heterocycles. The fourth-order valence-corrected chi connectivity index (χ4v) is 1.96. The molecule has 6 nitrogen and oxygen atoms in total. The normalized spacial score (nSPS) is 15.3. The van der Waals surface area contributed by atoms with Gasteiger partial charge in [-0.25, -0.2) is 0 Å². The van der Waals surface area contributed by atoms with E-state index in [1.807, 2.05) is 13.0 Å². The molecule has 1 aliphatic rings. The Labute approximate surface area is 111 Å². The van der Waals surface area contributed by atoms with E-state index in [2.05, 4.69) is 10.1 Å². The van der Waals surface area contributed by atoms with Crippen LogP contribution >= 0.6 is 0 Å². The highest BCUT2D eigenvalue weighted by atomic mass is 16.4. The van der Waals surface area contributed by atoms with Crippen LogP contribution in [0.25, 0.3) is 0 Å². The molecule has 19 heavy (non-hydrogen) atoms. The maximum Gasteiger partial charge on any atom is 0.255 e. The summed E-state index contributed by atoms with van der Waals surface area (Å²) in [6.07, 6.45) is 5.70. The fraction of sp³-hybridized carbons (Fsp3) is 0.462. The maximum absolute atomic E-state index is 12.4. The number of amides is 1. The summed E-state index contributed by atoms with van der Waals surface area (Å²) in [5.41, 5.74) is 7.00. The molecule has 0 aromatic carbocycles. The smallest absolute Gasteiger partial charge is 0.255 e. The summed E-state index contributed by atoms with van der Waals surface area (Å²) in [5.74, 6) is 0.102. The minimum atomic E-state index is -0.0376. The Hall–Kier alpha value is -2.11. The van der Waals surface area contributed by atoms with Gasteiger partial charge in [0.1, 0.15) is 5.84 Å². The second-order valence-corrected chi connectivity index (χ2v) is 4.82. The number of pyridine rings is 1. The number of nitrogens with zero attached hydrogens (tertiary/aromatic N) is 3. The molecule has 102 valence electrons. The number of rotatable bonds is 5. The molecular formula is C13H18N4O2. The van der Waals surface area contributed by atoms with Crippen molar-refractivity contribution in [3.63, 3.8) is 0 Å². The van der Waals surface area contributed by atoms with Gasteiger partial charge in [0.15, 0.2) is 0 Å². The first kappa shape index (κ1) is 13.3. The molecule has 0 unspecified atom stereocenters. The molecule has 0 bridgehead atoms. The number of hydrogen-bond acceptors (Lipinski definition) is 4. The zero-order valence-electron chi connectivity index (χ0n) is 10.9. The topological polar surface area (TPSA) is 91.8 Å². The lowest BCUT2D eigenvalue weighted by Crippen LogP contribution is -2.36. The van der Waals surface area contributed by atoms with Gasteiger partial charge < -0.3 is 15.8 Å². The number of amidine groups is 1. The van der Waals surface area contributed by atoms with Crippen LogP contribution in [0.2, 0.25) is 0 Å². The van der Waals surface area contributed by atoms with Crippen LogP contribution in [0, 0.1) is 6.92 Å². The summed E-state index contributed by atoms with van der Waals surface area (Å²) in [4.78, 5) is 18.3. The highest BCUT2D eigenvalue weighted by Crippen LogP contribution is 2.28. The highest BCUT2D eigenvalue weighted by molar-refractivity contribution is 5.94. The van der Waals surface area contributed by atoms with Crippen LogP contribution in [-0.4, -0.2) is 39.4 Å². The molecule has 0 radical (unpaired) electrons. The summed E-state index contributed by atoms with van der Waals surface area (Å²) < 4.78 is 0. The van der Waals surface area contributed by atoms with Crippen molar-refractivity contribution in [1.29, 1.82) is 0 Å². The van der Waals surface area contributed by atoms with Gasteiger partial charge in [0.2, 0.25) is 0 Å². The highest BCUT2D eigenvalue weighted by Gasteiger charge is 2.33. The Morgan fingerprint density at radius 1 is 1.58 bits per heavy atom. The van der Waals surface area contributed by atoms with Gasteiger partial charge in [-0.3, -0.25) is 9.78 Å². The third-order valence-corrected chi connectivity index (χ3v) is 3.11. The van der Waals surface area contributed by atoms with E-state index in [0.717, 1.165) is 18.4 Å². The van der Waals surface area contributed by atoms with Crippen LogP contribution in [-0.2, 0) is 0 Å². The molecule has 1 aliphatic carbocycles. The molecule has 0 spiro atoms. The number of aryl methyl sites for hydroxylation is 1. The average Bonchev–Trinajstić information content (AvgIpc) is 3.23. The van der Waals surface area contributed by atoms with E-state index < -0.39 is 0 Å². The third kappa shape index (κ3) is 3.43. The first-order chi connectivity index (χ1) is 9.11.